The smallest absolute Gasteiger partial charge is 0.323 e. The molecule has 1 heterocycles. The van der Waals surface area contributed by atoms with Gasteiger partial charge in [0.25, 0.3) is 11.8 Å². The lowest BCUT2D eigenvalue weighted by molar-refractivity contribution is -0.125. The summed E-state index contributed by atoms with van der Waals surface area (Å²) in [5.41, 5.74) is 4.74. The van der Waals surface area contributed by atoms with Crippen molar-refractivity contribution in [1.82, 2.24) is 0 Å². The van der Waals surface area contributed by atoms with E-state index < -0.39 is 6.03 Å². The minimum Gasteiger partial charge on any atom is -0.370 e. The Bertz CT molecular complexity index is 1230. The third-order valence-electron chi connectivity index (χ3n) is 5.51. The highest BCUT2D eigenvalue weighted by Gasteiger charge is 2.21. The van der Waals surface area contributed by atoms with Gasteiger partial charge in [-0.25, -0.2) is 4.79 Å². The van der Waals surface area contributed by atoms with E-state index in [1.54, 1.807) is 41.3 Å². The highest BCUT2D eigenvalue weighted by Crippen LogP contribution is 2.26. The van der Waals surface area contributed by atoms with Crippen LogP contribution in [0.4, 0.5) is 27.5 Å². The van der Waals surface area contributed by atoms with E-state index in [0.717, 1.165) is 16.8 Å². The van der Waals surface area contributed by atoms with Gasteiger partial charge in [-0.2, -0.15) is 0 Å². The number of nitrogens with zero attached hydrogens (tertiary/aromatic N) is 1. The Balaban J connectivity index is 1.44. The summed E-state index contributed by atoms with van der Waals surface area (Å²) in [7, 11) is 0. The predicted octanol–water partition coefficient (Wildman–Crippen LogP) is 4.56. The normalized spacial score (nSPS) is 13.4. The second kappa shape index (κ2) is 10.2. The number of para-hydroxylation sites is 1. The third-order valence-corrected chi connectivity index (χ3v) is 5.51. The number of rotatable bonds is 5. The van der Waals surface area contributed by atoms with Gasteiger partial charge in [0.15, 0.2) is 0 Å². The van der Waals surface area contributed by atoms with Crippen molar-refractivity contribution in [3.05, 3.63) is 83.4 Å². The van der Waals surface area contributed by atoms with Crippen molar-refractivity contribution in [1.29, 1.82) is 0 Å². The van der Waals surface area contributed by atoms with Crippen molar-refractivity contribution < 1.29 is 19.1 Å². The van der Waals surface area contributed by atoms with Crippen LogP contribution in [0.15, 0.2) is 66.7 Å². The molecule has 0 aromatic heterocycles. The Morgan fingerprint density at radius 3 is 2.38 bits per heavy atom. The molecule has 3 aromatic carbocycles. The standard InChI is InChI=1S/C26H26N4O4/c1-17-8-9-19(15-22(17)29-26(33)28-20-6-4-3-5-7-20)25(32)27-21-10-11-23(18(2)14-21)30-12-13-34-16-24(30)31/h3-11,14-15H,12-13,16H2,1-2H3,(H,27,32)(H2,28,29,33). The largest absolute Gasteiger partial charge is 0.370 e. The van der Waals surface area contributed by atoms with Gasteiger partial charge in [0.05, 0.1) is 6.61 Å². The zero-order valence-corrected chi connectivity index (χ0v) is 19.1. The van der Waals surface area contributed by atoms with Gasteiger partial charge >= 0.3 is 6.03 Å². The Labute approximate surface area is 197 Å². The summed E-state index contributed by atoms with van der Waals surface area (Å²) >= 11 is 0. The monoisotopic (exact) mass is 458 g/mol. The number of amides is 4. The van der Waals surface area contributed by atoms with Crippen LogP contribution in [0.1, 0.15) is 21.5 Å². The summed E-state index contributed by atoms with van der Waals surface area (Å²) in [4.78, 5) is 39.1. The molecule has 0 atom stereocenters. The SMILES string of the molecule is Cc1ccc(C(=O)Nc2ccc(N3CCOCC3=O)c(C)c2)cc1NC(=O)Nc1ccccc1. The third kappa shape index (κ3) is 5.41. The van der Waals surface area contributed by atoms with Crippen LogP contribution < -0.4 is 20.9 Å². The van der Waals surface area contributed by atoms with Gasteiger partial charge in [-0.1, -0.05) is 24.3 Å². The molecule has 0 radical (unpaired) electrons. The fraction of sp³-hybridized carbons (Fsp3) is 0.192. The number of urea groups is 1. The summed E-state index contributed by atoms with van der Waals surface area (Å²) < 4.78 is 5.19. The molecule has 1 aliphatic heterocycles. The molecule has 4 rings (SSSR count). The fourth-order valence-corrected chi connectivity index (χ4v) is 3.72. The van der Waals surface area contributed by atoms with Gasteiger partial charge in [-0.3, -0.25) is 9.59 Å². The predicted molar refractivity (Wildman–Crippen MR) is 133 cm³/mol. The van der Waals surface area contributed by atoms with Gasteiger partial charge in [0.2, 0.25) is 0 Å². The van der Waals surface area contributed by atoms with Crippen molar-refractivity contribution in [3.63, 3.8) is 0 Å². The maximum Gasteiger partial charge on any atom is 0.323 e. The van der Waals surface area contributed by atoms with Gasteiger partial charge in [0, 0.05) is 34.9 Å². The highest BCUT2D eigenvalue weighted by molar-refractivity contribution is 6.06. The number of nitrogens with one attached hydrogen (secondary N) is 3. The van der Waals surface area contributed by atoms with E-state index in [1.807, 2.05) is 44.2 Å². The molecular formula is C26H26N4O4. The number of carbonyl (C=O) groups is 3. The summed E-state index contributed by atoms with van der Waals surface area (Å²) in [5.74, 6) is -0.386. The van der Waals surface area contributed by atoms with Crippen molar-refractivity contribution in [2.45, 2.75) is 13.8 Å². The lowest BCUT2D eigenvalue weighted by Gasteiger charge is -2.28. The van der Waals surface area contributed by atoms with Gasteiger partial charge in [-0.05, 0) is 67.4 Å². The van der Waals surface area contributed by atoms with E-state index in [9.17, 15) is 14.4 Å². The van der Waals surface area contributed by atoms with Crippen LogP contribution >= 0.6 is 0 Å². The molecule has 8 heteroatoms. The first kappa shape index (κ1) is 23.0. The maximum absolute atomic E-state index is 12.9. The zero-order valence-electron chi connectivity index (χ0n) is 19.1. The number of benzene rings is 3. The molecule has 1 fully saturated rings. The molecule has 0 bridgehead atoms. The van der Waals surface area contributed by atoms with E-state index >= 15 is 0 Å². The number of aryl methyl sites for hydroxylation is 2. The number of hydrogen-bond donors (Lipinski definition) is 3. The first-order valence-corrected chi connectivity index (χ1v) is 10.9. The quantitative estimate of drug-likeness (QED) is 0.522. The molecule has 3 N–H and O–H groups in total. The second-order valence-electron chi connectivity index (χ2n) is 8.03. The van der Waals surface area contributed by atoms with E-state index in [2.05, 4.69) is 16.0 Å². The van der Waals surface area contributed by atoms with E-state index in [0.29, 0.717) is 35.8 Å². The van der Waals surface area contributed by atoms with Crippen LogP contribution in [-0.4, -0.2) is 37.6 Å². The van der Waals surface area contributed by atoms with E-state index in [4.69, 9.17) is 4.74 Å². The van der Waals surface area contributed by atoms with Crippen molar-refractivity contribution in [2.24, 2.45) is 0 Å². The maximum atomic E-state index is 12.9. The van der Waals surface area contributed by atoms with Crippen LogP contribution in [0.5, 0.6) is 0 Å². The summed E-state index contributed by atoms with van der Waals surface area (Å²) in [6.45, 7) is 4.83. The van der Waals surface area contributed by atoms with Crippen LogP contribution in [0.25, 0.3) is 0 Å². The molecule has 34 heavy (non-hydrogen) atoms. The van der Waals surface area contributed by atoms with Crippen molar-refractivity contribution in [3.8, 4) is 0 Å². The molecular weight excluding hydrogens is 432 g/mol. The molecule has 3 aromatic rings. The second-order valence-corrected chi connectivity index (χ2v) is 8.03. The van der Waals surface area contributed by atoms with Crippen molar-refractivity contribution >= 4 is 40.6 Å². The summed E-state index contributed by atoms with van der Waals surface area (Å²) in [5, 5.41) is 8.44. The Hall–Kier alpha value is -4.17. The average Bonchev–Trinajstić information content (AvgIpc) is 2.82. The Morgan fingerprint density at radius 2 is 1.65 bits per heavy atom. The molecule has 0 spiro atoms. The molecule has 8 nitrogen and oxygen atoms in total. The van der Waals surface area contributed by atoms with Gasteiger partial charge in [0.1, 0.15) is 6.61 Å². The minimum atomic E-state index is -0.393. The molecule has 1 aliphatic rings. The van der Waals surface area contributed by atoms with Gasteiger partial charge < -0.3 is 25.6 Å². The number of morpholine rings is 1. The van der Waals surface area contributed by atoms with Crippen LogP contribution in [-0.2, 0) is 9.53 Å². The molecule has 4 amide bonds. The summed E-state index contributed by atoms with van der Waals surface area (Å²) in [6.07, 6.45) is 0. The Morgan fingerprint density at radius 1 is 0.853 bits per heavy atom. The van der Waals surface area contributed by atoms with Gasteiger partial charge in [-0.15, -0.1) is 0 Å². The lowest BCUT2D eigenvalue weighted by Crippen LogP contribution is -2.42. The molecule has 0 unspecified atom stereocenters. The van der Waals surface area contributed by atoms with Crippen LogP contribution in [0, 0.1) is 13.8 Å². The number of carbonyl (C=O) groups excluding carboxylic acids is 3. The zero-order chi connectivity index (χ0) is 24.1. The van der Waals surface area contributed by atoms with Crippen molar-refractivity contribution in [2.75, 3.05) is 40.6 Å². The first-order valence-electron chi connectivity index (χ1n) is 10.9. The summed E-state index contributed by atoms with van der Waals surface area (Å²) in [6, 6.07) is 19.3. The minimum absolute atomic E-state index is 0.0745. The number of anilines is 4. The topological polar surface area (TPSA) is 99.8 Å². The first-order chi connectivity index (χ1) is 16.4. The lowest BCUT2D eigenvalue weighted by atomic mass is 10.1. The van der Waals surface area contributed by atoms with E-state index in [-0.39, 0.29) is 18.4 Å². The molecule has 174 valence electrons. The highest BCUT2D eigenvalue weighted by atomic mass is 16.5. The molecule has 0 saturated carbocycles. The fourth-order valence-electron chi connectivity index (χ4n) is 3.72. The molecule has 1 saturated heterocycles. The Kier molecular flexibility index (Phi) is 6.89. The van der Waals surface area contributed by atoms with Crippen LogP contribution in [0.3, 0.4) is 0 Å². The number of ether oxygens (including phenoxy) is 1. The average molecular weight is 459 g/mol. The molecule has 0 aliphatic carbocycles. The number of hydrogen-bond acceptors (Lipinski definition) is 4. The van der Waals surface area contributed by atoms with E-state index in [1.165, 1.54) is 0 Å². The van der Waals surface area contributed by atoms with Crippen LogP contribution in [0.2, 0.25) is 0 Å².